The minimum Gasteiger partial charge on any atom is -0.496 e. The Morgan fingerprint density at radius 3 is 2.54 bits per heavy atom. The lowest BCUT2D eigenvalue weighted by Gasteiger charge is -2.32. The van der Waals surface area contributed by atoms with Gasteiger partial charge >= 0.3 is 0 Å². The molecular weight excluding hydrogens is 507 g/mol. The molecule has 1 aliphatic rings. The van der Waals surface area contributed by atoms with Crippen LogP contribution in [0.5, 0.6) is 5.75 Å². The number of methoxy groups -OCH3 is 1. The van der Waals surface area contributed by atoms with Gasteiger partial charge in [0.2, 0.25) is 0 Å². The second-order valence-electron chi connectivity index (χ2n) is 9.05. The molecule has 1 amide bonds. The van der Waals surface area contributed by atoms with Crippen LogP contribution in [0.4, 0.5) is 5.69 Å². The lowest BCUT2D eigenvalue weighted by molar-refractivity contribution is 0.0933. The summed E-state index contributed by atoms with van der Waals surface area (Å²) in [4.78, 5) is 15.2. The number of piperidine rings is 1. The molecule has 1 saturated heterocycles. The van der Waals surface area contributed by atoms with E-state index in [2.05, 4.69) is 15.5 Å². The smallest absolute Gasteiger partial charge is 0.255 e. The van der Waals surface area contributed by atoms with E-state index >= 15 is 0 Å². The maximum atomic E-state index is 12.6. The summed E-state index contributed by atoms with van der Waals surface area (Å²) >= 11 is 18.1. The Hall–Kier alpha value is -1.70. The number of ether oxygens (including phenoxy) is 1. The van der Waals surface area contributed by atoms with Crippen molar-refractivity contribution in [3.63, 3.8) is 0 Å². The number of hydrogen-bond donors (Lipinski definition) is 3. The second kappa shape index (κ2) is 14.1. The van der Waals surface area contributed by atoms with Crippen molar-refractivity contribution in [2.45, 2.75) is 38.6 Å². The number of benzene rings is 2. The van der Waals surface area contributed by atoms with E-state index in [4.69, 9.17) is 45.3 Å². The van der Waals surface area contributed by atoms with Gasteiger partial charge in [-0.25, -0.2) is 0 Å². The van der Waals surface area contributed by atoms with Gasteiger partial charge in [0.05, 0.1) is 33.4 Å². The fourth-order valence-electron chi connectivity index (χ4n) is 4.31. The van der Waals surface area contributed by atoms with Crippen LogP contribution in [0.1, 0.15) is 48.0 Å². The molecule has 35 heavy (non-hydrogen) atoms. The van der Waals surface area contributed by atoms with E-state index in [1.165, 1.54) is 20.0 Å². The molecular formula is C26H35Cl3N4O2. The van der Waals surface area contributed by atoms with Crippen molar-refractivity contribution < 1.29 is 9.53 Å². The van der Waals surface area contributed by atoms with Crippen molar-refractivity contribution in [3.05, 3.63) is 56.5 Å². The van der Waals surface area contributed by atoms with E-state index in [1.54, 1.807) is 12.1 Å². The predicted octanol–water partition coefficient (Wildman–Crippen LogP) is 5.64. The SMILES string of the molecule is COc1cc(N)c(Cl)cc1C(=O)NCC1CCN(CCCCCNCc2ccc(Cl)c(Cl)c2)CC1. The Balaban J connectivity index is 1.26. The number of carbonyl (C=O) groups is 1. The molecule has 9 heteroatoms. The van der Waals surface area contributed by atoms with Crippen molar-refractivity contribution >= 4 is 46.4 Å². The van der Waals surface area contributed by atoms with E-state index in [-0.39, 0.29) is 5.91 Å². The molecule has 0 aromatic heterocycles. The molecule has 0 atom stereocenters. The first-order chi connectivity index (χ1) is 16.9. The van der Waals surface area contributed by atoms with E-state index in [9.17, 15) is 4.79 Å². The average molecular weight is 542 g/mol. The quantitative estimate of drug-likeness (QED) is 0.239. The van der Waals surface area contributed by atoms with E-state index in [1.807, 2.05) is 18.2 Å². The van der Waals surface area contributed by atoms with E-state index < -0.39 is 0 Å². The third kappa shape index (κ3) is 8.72. The standard InChI is InChI=1S/C26H35Cl3N4O2/c1-35-25-15-24(30)23(29)14-20(25)26(34)32-17-18-7-11-33(12-8-18)10-4-2-3-9-31-16-19-5-6-21(27)22(28)13-19/h5-6,13-15,18,31H,2-4,7-12,16-17,30H2,1H3,(H,32,34). The van der Waals surface area contributed by atoms with Crippen LogP contribution in [0.2, 0.25) is 15.1 Å². The van der Waals surface area contributed by atoms with Crippen LogP contribution in [-0.2, 0) is 6.54 Å². The number of nitrogen functional groups attached to an aromatic ring is 1. The van der Waals surface area contributed by atoms with Crippen LogP contribution in [0, 0.1) is 5.92 Å². The number of nitrogens with zero attached hydrogens (tertiary/aromatic N) is 1. The summed E-state index contributed by atoms with van der Waals surface area (Å²) in [6, 6.07) is 8.90. The normalized spacial score (nSPS) is 14.7. The van der Waals surface area contributed by atoms with Gasteiger partial charge < -0.3 is 26.0 Å². The van der Waals surface area contributed by atoms with Gasteiger partial charge in [-0.2, -0.15) is 0 Å². The van der Waals surface area contributed by atoms with Crippen LogP contribution >= 0.6 is 34.8 Å². The second-order valence-corrected chi connectivity index (χ2v) is 10.3. The van der Waals surface area contributed by atoms with Gasteiger partial charge in [-0.05, 0) is 81.5 Å². The number of hydrogen-bond acceptors (Lipinski definition) is 5. The Bertz CT molecular complexity index is 981. The summed E-state index contributed by atoms with van der Waals surface area (Å²) in [5.74, 6) is 0.735. The molecule has 0 saturated carbocycles. The zero-order valence-electron chi connectivity index (χ0n) is 20.2. The third-order valence-electron chi connectivity index (χ3n) is 6.46. The summed E-state index contributed by atoms with van der Waals surface area (Å²) < 4.78 is 5.29. The van der Waals surface area contributed by atoms with Gasteiger partial charge in [-0.15, -0.1) is 0 Å². The molecule has 1 fully saturated rings. The van der Waals surface area contributed by atoms with Crippen LogP contribution in [0.3, 0.4) is 0 Å². The lowest BCUT2D eigenvalue weighted by atomic mass is 9.96. The summed E-state index contributed by atoms with van der Waals surface area (Å²) in [5.41, 5.74) is 7.76. The highest BCUT2D eigenvalue weighted by Crippen LogP contribution is 2.29. The van der Waals surface area contributed by atoms with Crippen molar-refractivity contribution in [1.82, 2.24) is 15.5 Å². The molecule has 0 spiro atoms. The van der Waals surface area contributed by atoms with Gasteiger partial charge in [-0.3, -0.25) is 4.79 Å². The maximum Gasteiger partial charge on any atom is 0.255 e. The first kappa shape index (κ1) is 27.9. The van der Waals surface area contributed by atoms with Crippen LogP contribution in [0.15, 0.2) is 30.3 Å². The Morgan fingerprint density at radius 2 is 1.83 bits per heavy atom. The Labute approximate surface area is 223 Å². The minimum absolute atomic E-state index is 0.182. The van der Waals surface area contributed by atoms with Crippen molar-refractivity contribution in [2.75, 3.05) is 45.6 Å². The number of nitrogens with two attached hydrogens (primary N) is 1. The molecule has 3 rings (SSSR count). The minimum atomic E-state index is -0.182. The van der Waals surface area contributed by atoms with Gasteiger partial charge in [0.25, 0.3) is 5.91 Å². The highest BCUT2D eigenvalue weighted by atomic mass is 35.5. The Morgan fingerprint density at radius 1 is 1.06 bits per heavy atom. The first-order valence-corrected chi connectivity index (χ1v) is 13.3. The van der Waals surface area contributed by atoms with Crippen molar-refractivity contribution in [1.29, 1.82) is 0 Å². The third-order valence-corrected chi connectivity index (χ3v) is 7.53. The number of unbranched alkanes of at least 4 members (excludes halogenated alkanes) is 2. The first-order valence-electron chi connectivity index (χ1n) is 12.2. The molecule has 0 bridgehead atoms. The summed E-state index contributed by atoms with van der Waals surface area (Å²) in [7, 11) is 1.52. The summed E-state index contributed by atoms with van der Waals surface area (Å²) in [6.07, 6.45) is 5.74. The summed E-state index contributed by atoms with van der Waals surface area (Å²) in [5, 5.41) is 8.05. The predicted molar refractivity (Wildman–Crippen MR) is 146 cm³/mol. The highest BCUT2D eigenvalue weighted by molar-refractivity contribution is 6.42. The van der Waals surface area contributed by atoms with E-state index in [0.29, 0.717) is 44.5 Å². The fourth-order valence-corrected chi connectivity index (χ4v) is 4.79. The topological polar surface area (TPSA) is 79.6 Å². The number of nitrogens with one attached hydrogen (secondary N) is 2. The number of amides is 1. The van der Waals surface area contributed by atoms with Crippen molar-refractivity contribution in [3.8, 4) is 5.75 Å². The Kier molecular flexibility index (Phi) is 11.3. The number of rotatable bonds is 12. The monoisotopic (exact) mass is 540 g/mol. The largest absolute Gasteiger partial charge is 0.496 e. The molecule has 2 aromatic rings. The average Bonchev–Trinajstić information content (AvgIpc) is 2.86. The molecule has 0 radical (unpaired) electrons. The number of halogens is 3. The molecule has 2 aromatic carbocycles. The van der Waals surface area contributed by atoms with Crippen LogP contribution in [0.25, 0.3) is 0 Å². The molecule has 0 unspecified atom stereocenters. The molecule has 0 aliphatic carbocycles. The van der Waals surface area contributed by atoms with Gasteiger partial charge in [0.1, 0.15) is 5.75 Å². The van der Waals surface area contributed by atoms with Gasteiger partial charge in [-0.1, -0.05) is 47.3 Å². The van der Waals surface area contributed by atoms with Crippen LogP contribution in [-0.4, -0.2) is 50.6 Å². The van der Waals surface area contributed by atoms with E-state index in [0.717, 1.165) is 57.5 Å². The fraction of sp³-hybridized carbons (Fsp3) is 0.500. The molecule has 6 nitrogen and oxygen atoms in total. The molecule has 1 aliphatic heterocycles. The van der Waals surface area contributed by atoms with Gasteiger partial charge in [0, 0.05) is 19.2 Å². The van der Waals surface area contributed by atoms with Crippen molar-refractivity contribution in [2.24, 2.45) is 5.92 Å². The number of anilines is 1. The highest BCUT2D eigenvalue weighted by Gasteiger charge is 2.21. The van der Waals surface area contributed by atoms with Crippen LogP contribution < -0.4 is 21.1 Å². The molecule has 192 valence electrons. The molecule has 4 N–H and O–H groups in total. The number of likely N-dealkylation sites (tertiary alicyclic amines) is 1. The zero-order valence-corrected chi connectivity index (χ0v) is 22.5. The molecule has 1 heterocycles. The lowest BCUT2D eigenvalue weighted by Crippen LogP contribution is -2.39. The van der Waals surface area contributed by atoms with Gasteiger partial charge in [0.15, 0.2) is 0 Å². The number of carbonyl (C=O) groups excluding carboxylic acids is 1. The maximum absolute atomic E-state index is 12.6. The summed E-state index contributed by atoms with van der Waals surface area (Å²) in [6.45, 7) is 5.74. The zero-order chi connectivity index (χ0) is 25.2.